The fraction of sp³-hybridized carbons (Fsp3) is 0.423. The number of rotatable bonds is 8. The summed E-state index contributed by atoms with van der Waals surface area (Å²) in [5.41, 5.74) is 2.42. The number of piperidine rings is 1. The van der Waals surface area contributed by atoms with Crippen molar-refractivity contribution in [1.29, 1.82) is 0 Å². The Labute approximate surface area is 199 Å². The van der Waals surface area contributed by atoms with Crippen LogP contribution in [0.5, 0.6) is 5.75 Å². The molecular formula is C26H31N3O5. The van der Waals surface area contributed by atoms with Gasteiger partial charge in [-0.25, -0.2) is 0 Å². The lowest BCUT2D eigenvalue weighted by atomic mass is 9.94. The largest absolute Gasteiger partial charge is 0.497 e. The number of fused-ring (bicyclic) bond motifs is 1. The SMILES string of the molecule is COc1ccc(C(CC(=O)OC(C)C)NC(=O)C2CCN(c3nc4ccccc4o3)CC2)cc1. The second kappa shape index (κ2) is 10.6. The molecule has 180 valence electrons. The number of benzene rings is 2. The maximum absolute atomic E-state index is 13.1. The predicted octanol–water partition coefficient (Wildman–Crippen LogP) is 4.25. The Morgan fingerprint density at radius 1 is 1.12 bits per heavy atom. The number of para-hydroxylation sites is 2. The molecule has 1 unspecified atom stereocenters. The Morgan fingerprint density at radius 3 is 2.47 bits per heavy atom. The number of carbonyl (C=O) groups is 2. The summed E-state index contributed by atoms with van der Waals surface area (Å²) in [5.74, 6) is 0.157. The van der Waals surface area contributed by atoms with Gasteiger partial charge in [0, 0.05) is 19.0 Å². The van der Waals surface area contributed by atoms with Gasteiger partial charge in [0.1, 0.15) is 11.3 Å². The highest BCUT2D eigenvalue weighted by molar-refractivity contribution is 5.81. The summed E-state index contributed by atoms with van der Waals surface area (Å²) in [6.45, 7) is 4.97. The molecular weight excluding hydrogens is 434 g/mol. The summed E-state index contributed by atoms with van der Waals surface area (Å²) in [4.78, 5) is 32.2. The zero-order valence-electron chi connectivity index (χ0n) is 19.8. The summed E-state index contributed by atoms with van der Waals surface area (Å²) >= 11 is 0. The average Bonchev–Trinajstić information content (AvgIpc) is 3.27. The normalized spacial score (nSPS) is 15.4. The maximum Gasteiger partial charge on any atom is 0.308 e. The van der Waals surface area contributed by atoms with Gasteiger partial charge in [0.2, 0.25) is 5.91 Å². The number of amides is 1. The number of ether oxygens (including phenoxy) is 2. The highest BCUT2D eigenvalue weighted by atomic mass is 16.5. The van der Waals surface area contributed by atoms with Crippen molar-refractivity contribution in [2.75, 3.05) is 25.1 Å². The van der Waals surface area contributed by atoms with Crippen LogP contribution in [-0.2, 0) is 14.3 Å². The quantitative estimate of drug-likeness (QED) is 0.497. The highest BCUT2D eigenvalue weighted by Crippen LogP contribution is 2.28. The molecule has 1 fully saturated rings. The lowest BCUT2D eigenvalue weighted by molar-refractivity contribution is -0.148. The van der Waals surface area contributed by atoms with Crippen molar-refractivity contribution in [3.63, 3.8) is 0 Å². The van der Waals surface area contributed by atoms with Gasteiger partial charge in [-0.15, -0.1) is 0 Å². The third-order valence-corrected chi connectivity index (χ3v) is 5.99. The monoisotopic (exact) mass is 465 g/mol. The minimum absolute atomic E-state index is 0.0598. The van der Waals surface area contributed by atoms with E-state index >= 15 is 0 Å². The van der Waals surface area contributed by atoms with Crippen molar-refractivity contribution in [3.05, 3.63) is 54.1 Å². The van der Waals surface area contributed by atoms with Crippen molar-refractivity contribution in [3.8, 4) is 5.75 Å². The molecule has 8 heteroatoms. The van der Waals surface area contributed by atoms with E-state index in [2.05, 4.69) is 15.2 Å². The first kappa shape index (κ1) is 23.6. The van der Waals surface area contributed by atoms with Gasteiger partial charge in [-0.3, -0.25) is 9.59 Å². The molecule has 1 aliphatic heterocycles. The third-order valence-electron chi connectivity index (χ3n) is 5.99. The van der Waals surface area contributed by atoms with Gasteiger partial charge in [0.05, 0.1) is 25.7 Å². The lowest BCUT2D eigenvalue weighted by Gasteiger charge is -2.31. The number of carbonyl (C=O) groups excluding carboxylic acids is 2. The Hall–Kier alpha value is -3.55. The second-order valence-electron chi connectivity index (χ2n) is 8.80. The van der Waals surface area contributed by atoms with Gasteiger partial charge in [-0.1, -0.05) is 24.3 Å². The van der Waals surface area contributed by atoms with E-state index in [0.717, 1.165) is 16.7 Å². The van der Waals surface area contributed by atoms with Crippen molar-refractivity contribution in [2.24, 2.45) is 5.92 Å². The first-order chi connectivity index (χ1) is 16.4. The van der Waals surface area contributed by atoms with Crippen molar-refractivity contribution in [1.82, 2.24) is 10.3 Å². The van der Waals surface area contributed by atoms with E-state index in [4.69, 9.17) is 13.9 Å². The molecule has 0 bridgehead atoms. The molecule has 8 nitrogen and oxygen atoms in total. The number of nitrogens with zero attached hydrogens (tertiary/aromatic N) is 2. The van der Waals surface area contributed by atoms with E-state index in [9.17, 15) is 9.59 Å². The minimum Gasteiger partial charge on any atom is -0.497 e. The molecule has 1 aliphatic rings. The van der Waals surface area contributed by atoms with Gasteiger partial charge < -0.3 is 24.1 Å². The molecule has 34 heavy (non-hydrogen) atoms. The van der Waals surface area contributed by atoms with Crippen LogP contribution in [0.2, 0.25) is 0 Å². The lowest BCUT2D eigenvalue weighted by Crippen LogP contribution is -2.42. The van der Waals surface area contributed by atoms with Crippen LogP contribution in [0.25, 0.3) is 11.1 Å². The number of methoxy groups -OCH3 is 1. The van der Waals surface area contributed by atoms with E-state index in [1.807, 2.05) is 62.4 Å². The summed E-state index contributed by atoms with van der Waals surface area (Å²) in [6.07, 6.45) is 1.21. The molecule has 2 aromatic carbocycles. The Balaban J connectivity index is 1.39. The first-order valence-electron chi connectivity index (χ1n) is 11.7. The molecule has 1 aromatic heterocycles. The fourth-order valence-electron chi connectivity index (χ4n) is 4.18. The zero-order chi connectivity index (χ0) is 24.1. The summed E-state index contributed by atoms with van der Waals surface area (Å²) in [5, 5.41) is 3.08. The van der Waals surface area contributed by atoms with Crippen LogP contribution in [0, 0.1) is 5.92 Å². The molecule has 1 atom stereocenters. The number of aromatic nitrogens is 1. The summed E-state index contributed by atoms with van der Waals surface area (Å²) in [6, 6.07) is 15.2. The summed E-state index contributed by atoms with van der Waals surface area (Å²) in [7, 11) is 1.60. The Kier molecular flexibility index (Phi) is 7.35. The van der Waals surface area contributed by atoms with Crippen LogP contribution in [0.1, 0.15) is 44.7 Å². The summed E-state index contributed by atoms with van der Waals surface area (Å²) < 4.78 is 16.4. The van der Waals surface area contributed by atoms with Gasteiger partial charge >= 0.3 is 5.97 Å². The second-order valence-corrected chi connectivity index (χ2v) is 8.80. The molecule has 1 amide bonds. The van der Waals surface area contributed by atoms with Crippen LogP contribution in [0.4, 0.5) is 6.01 Å². The third kappa shape index (κ3) is 5.68. The highest BCUT2D eigenvalue weighted by Gasteiger charge is 2.29. The molecule has 0 spiro atoms. The van der Waals surface area contributed by atoms with E-state index < -0.39 is 6.04 Å². The van der Waals surface area contributed by atoms with Crippen molar-refractivity contribution >= 4 is 29.0 Å². The van der Waals surface area contributed by atoms with E-state index in [1.165, 1.54) is 0 Å². The van der Waals surface area contributed by atoms with E-state index in [0.29, 0.717) is 37.7 Å². The number of anilines is 1. The van der Waals surface area contributed by atoms with Crippen LogP contribution >= 0.6 is 0 Å². The molecule has 2 heterocycles. The van der Waals surface area contributed by atoms with Gasteiger partial charge in [-0.05, 0) is 56.5 Å². The molecule has 0 saturated carbocycles. The van der Waals surface area contributed by atoms with Crippen LogP contribution < -0.4 is 15.0 Å². The average molecular weight is 466 g/mol. The molecule has 0 aliphatic carbocycles. The van der Waals surface area contributed by atoms with Crippen LogP contribution in [-0.4, -0.2) is 43.2 Å². The smallest absolute Gasteiger partial charge is 0.308 e. The number of esters is 1. The number of hydrogen-bond donors (Lipinski definition) is 1. The molecule has 3 aromatic rings. The zero-order valence-corrected chi connectivity index (χ0v) is 19.8. The Bertz CT molecular complexity index is 1080. The molecule has 1 N–H and O–H groups in total. The van der Waals surface area contributed by atoms with Crippen LogP contribution in [0.15, 0.2) is 52.9 Å². The molecule has 1 saturated heterocycles. The van der Waals surface area contributed by atoms with Crippen LogP contribution in [0.3, 0.4) is 0 Å². The standard InChI is InChI=1S/C26H31N3O5/c1-17(2)33-24(30)16-22(18-8-10-20(32-3)11-9-18)27-25(31)19-12-14-29(15-13-19)26-28-21-6-4-5-7-23(21)34-26/h4-11,17,19,22H,12-16H2,1-3H3,(H,27,31). The molecule has 4 rings (SSSR count). The Morgan fingerprint density at radius 2 is 1.82 bits per heavy atom. The van der Waals surface area contributed by atoms with Crippen molar-refractivity contribution in [2.45, 2.75) is 45.3 Å². The number of oxazole rings is 1. The topological polar surface area (TPSA) is 93.9 Å². The predicted molar refractivity (Wildman–Crippen MR) is 129 cm³/mol. The van der Waals surface area contributed by atoms with Crippen molar-refractivity contribution < 1.29 is 23.5 Å². The maximum atomic E-state index is 13.1. The van der Waals surface area contributed by atoms with E-state index in [1.54, 1.807) is 7.11 Å². The fourth-order valence-corrected chi connectivity index (χ4v) is 4.18. The minimum atomic E-state index is -0.472. The first-order valence-corrected chi connectivity index (χ1v) is 11.7. The molecule has 0 radical (unpaired) electrons. The van der Waals surface area contributed by atoms with Gasteiger partial charge in [0.15, 0.2) is 5.58 Å². The number of nitrogens with one attached hydrogen (secondary N) is 1. The van der Waals surface area contributed by atoms with E-state index in [-0.39, 0.29) is 30.3 Å². The number of hydrogen-bond acceptors (Lipinski definition) is 7. The van der Waals surface area contributed by atoms with Gasteiger partial charge in [0.25, 0.3) is 6.01 Å². The van der Waals surface area contributed by atoms with Gasteiger partial charge in [-0.2, -0.15) is 4.98 Å².